The predicted octanol–water partition coefficient (Wildman–Crippen LogP) is -0.273. The van der Waals surface area contributed by atoms with E-state index in [1.165, 1.54) is 0 Å². The van der Waals surface area contributed by atoms with Crippen molar-refractivity contribution in [2.24, 2.45) is 5.92 Å². The molecule has 74 valence electrons. The highest BCUT2D eigenvalue weighted by Gasteiger charge is 2.53. The molecule has 0 spiro atoms. The molecule has 0 radical (unpaired) electrons. The van der Waals surface area contributed by atoms with Crippen molar-refractivity contribution in [1.29, 1.82) is 0 Å². The Bertz CT molecular complexity index is 203. The van der Waals surface area contributed by atoms with Crippen molar-refractivity contribution in [1.82, 2.24) is 10.1 Å². The van der Waals surface area contributed by atoms with Crippen molar-refractivity contribution in [3.8, 4) is 0 Å². The Kier molecular flexibility index (Phi) is 2.34. The highest BCUT2D eigenvalue weighted by Crippen LogP contribution is 2.39. The lowest BCUT2D eigenvalue weighted by atomic mass is 9.82. The lowest BCUT2D eigenvalue weighted by Crippen LogP contribution is -2.55. The van der Waals surface area contributed by atoms with E-state index in [0.717, 1.165) is 13.0 Å². The third-order valence-corrected chi connectivity index (χ3v) is 3.45. The molecule has 2 aliphatic rings. The van der Waals surface area contributed by atoms with Gasteiger partial charge in [0.05, 0.1) is 0 Å². The van der Waals surface area contributed by atoms with Crippen molar-refractivity contribution in [2.45, 2.75) is 31.5 Å². The third kappa shape index (κ3) is 1.30. The number of piperidine rings is 1. The number of fused-ring (bicyclic) bond motifs is 2. The Morgan fingerprint density at radius 2 is 2.31 bits per heavy atom. The molecule has 2 N–H and O–H groups in total. The summed E-state index contributed by atoms with van der Waals surface area (Å²) in [5.41, 5.74) is 0. The molecule has 1 heterocycles. The van der Waals surface area contributed by atoms with Crippen LogP contribution in [0.3, 0.4) is 0 Å². The first-order valence-electron chi connectivity index (χ1n) is 4.90. The van der Waals surface area contributed by atoms with Crippen molar-refractivity contribution < 1.29 is 9.41 Å². The zero-order valence-electron chi connectivity index (χ0n) is 8.07. The second-order valence-electron chi connectivity index (χ2n) is 4.15. The Morgan fingerprint density at radius 3 is 2.77 bits per heavy atom. The van der Waals surface area contributed by atoms with E-state index in [0.29, 0.717) is 5.92 Å². The molecule has 5 heteroatoms. The minimum atomic E-state index is -0.821. The van der Waals surface area contributed by atoms with Gasteiger partial charge in [-0.05, 0) is 32.8 Å². The average Bonchev–Trinajstić information content (AvgIpc) is 2.60. The summed E-state index contributed by atoms with van der Waals surface area (Å²) in [5, 5.41) is 12.4. The third-order valence-electron chi connectivity index (χ3n) is 3.45. The summed E-state index contributed by atoms with van der Waals surface area (Å²) in [6, 6.07) is -0.0672. The van der Waals surface area contributed by atoms with Crippen LogP contribution in [-0.2, 0) is 0 Å². The first-order chi connectivity index (χ1) is 6.15. The SMILES string of the molecule is CN[C@@H]1C2C[C@H]([C@@H]1F)N(B(C)O)C2. The summed E-state index contributed by atoms with van der Waals surface area (Å²) in [4.78, 5) is 1.86. The molecule has 13 heavy (non-hydrogen) atoms. The molecule has 0 aromatic heterocycles. The van der Waals surface area contributed by atoms with E-state index < -0.39 is 13.2 Å². The molecular formula is C8H16BFN2O. The zero-order valence-corrected chi connectivity index (χ0v) is 8.07. The summed E-state index contributed by atoms with van der Waals surface area (Å²) in [6.45, 7) is 2.54. The van der Waals surface area contributed by atoms with E-state index in [9.17, 15) is 9.41 Å². The normalized spacial score (nSPS) is 44.3. The Balaban J connectivity index is 2.08. The standard InChI is InChI=1S/C8H16BFN2O/c1-9(13)12-4-5-3-6(12)7(10)8(5)11-2/h5-8,11,13H,3-4H2,1-2H3/t5?,6-,7+,8-/m1/s1. The zero-order chi connectivity index (χ0) is 9.59. The predicted molar refractivity (Wildman–Crippen MR) is 50.2 cm³/mol. The number of alkyl halides is 1. The smallest absolute Gasteiger partial charge is 0.376 e. The molecule has 2 bridgehead atoms. The topological polar surface area (TPSA) is 35.5 Å². The first-order valence-corrected chi connectivity index (χ1v) is 4.90. The van der Waals surface area contributed by atoms with Crippen molar-refractivity contribution in [3.05, 3.63) is 0 Å². The van der Waals surface area contributed by atoms with Crippen molar-refractivity contribution in [3.63, 3.8) is 0 Å². The molecule has 1 aliphatic heterocycles. The number of halogens is 1. The van der Waals surface area contributed by atoms with E-state index in [1.54, 1.807) is 6.82 Å². The monoisotopic (exact) mass is 186 g/mol. The van der Waals surface area contributed by atoms with Gasteiger partial charge in [-0.1, -0.05) is 0 Å². The van der Waals surface area contributed by atoms with Crippen LogP contribution in [0.25, 0.3) is 0 Å². The number of rotatable bonds is 2. The fourth-order valence-corrected chi connectivity index (χ4v) is 2.82. The van der Waals surface area contributed by atoms with Crippen LogP contribution < -0.4 is 5.32 Å². The van der Waals surface area contributed by atoms with Gasteiger partial charge in [0.15, 0.2) is 0 Å². The molecule has 0 aromatic carbocycles. The van der Waals surface area contributed by atoms with Crippen LogP contribution in [0.2, 0.25) is 6.82 Å². The van der Waals surface area contributed by atoms with Crippen molar-refractivity contribution in [2.75, 3.05) is 13.6 Å². The summed E-state index contributed by atoms with van der Waals surface area (Å²) in [5.74, 6) is 0.375. The molecule has 1 saturated carbocycles. The van der Waals surface area contributed by atoms with Gasteiger partial charge in [-0.3, -0.25) is 0 Å². The first kappa shape index (κ1) is 9.43. The Morgan fingerprint density at radius 1 is 1.62 bits per heavy atom. The average molecular weight is 186 g/mol. The number of nitrogens with one attached hydrogen (secondary N) is 1. The lowest BCUT2D eigenvalue weighted by Gasteiger charge is -2.34. The Labute approximate surface area is 78.4 Å². The summed E-state index contributed by atoms with van der Waals surface area (Å²) in [7, 11) is 1.30. The van der Waals surface area contributed by atoms with E-state index in [1.807, 2.05) is 11.9 Å². The molecular weight excluding hydrogens is 170 g/mol. The molecule has 3 nitrogen and oxygen atoms in total. The minimum absolute atomic E-state index is 0.000000000000000222. The van der Waals surface area contributed by atoms with Crippen LogP contribution in [-0.4, -0.2) is 48.7 Å². The van der Waals surface area contributed by atoms with Crippen LogP contribution in [0.15, 0.2) is 0 Å². The highest BCUT2D eigenvalue weighted by molar-refractivity contribution is 6.45. The van der Waals surface area contributed by atoms with Crippen LogP contribution >= 0.6 is 0 Å². The summed E-state index contributed by atoms with van der Waals surface area (Å²) in [6.07, 6.45) is 0.0655. The van der Waals surface area contributed by atoms with Gasteiger partial charge >= 0.3 is 7.05 Å². The molecule has 1 saturated heterocycles. The maximum Gasteiger partial charge on any atom is 0.376 e. The fraction of sp³-hybridized carbons (Fsp3) is 1.00. The van der Waals surface area contributed by atoms with Gasteiger partial charge in [-0.15, -0.1) is 0 Å². The van der Waals surface area contributed by atoms with Crippen molar-refractivity contribution >= 4 is 7.05 Å². The number of hydrogen-bond acceptors (Lipinski definition) is 3. The van der Waals surface area contributed by atoms with E-state index >= 15 is 0 Å². The van der Waals surface area contributed by atoms with Gasteiger partial charge in [0.2, 0.25) is 0 Å². The molecule has 4 atom stereocenters. The van der Waals surface area contributed by atoms with Gasteiger partial charge in [0.25, 0.3) is 0 Å². The second-order valence-corrected chi connectivity index (χ2v) is 4.15. The summed E-state index contributed by atoms with van der Waals surface area (Å²) < 4.78 is 13.7. The fourth-order valence-electron chi connectivity index (χ4n) is 2.82. The maximum absolute atomic E-state index is 13.7. The maximum atomic E-state index is 13.7. The summed E-state index contributed by atoms with van der Waals surface area (Å²) >= 11 is 0. The molecule has 2 rings (SSSR count). The quantitative estimate of drug-likeness (QED) is 0.582. The van der Waals surface area contributed by atoms with Crippen LogP contribution in [0.4, 0.5) is 4.39 Å². The van der Waals surface area contributed by atoms with E-state index in [-0.39, 0.29) is 12.1 Å². The van der Waals surface area contributed by atoms with Gasteiger partial charge < -0.3 is 15.2 Å². The number of hydrogen-bond donors (Lipinski definition) is 2. The van der Waals surface area contributed by atoms with Gasteiger partial charge in [0, 0.05) is 12.1 Å². The molecule has 0 aromatic rings. The molecule has 1 aliphatic carbocycles. The number of nitrogens with zero attached hydrogens (tertiary/aromatic N) is 1. The van der Waals surface area contributed by atoms with Gasteiger partial charge in [-0.2, -0.15) is 0 Å². The van der Waals surface area contributed by atoms with Crippen LogP contribution in [0, 0.1) is 5.92 Å². The molecule has 1 unspecified atom stereocenters. The van der Waals surface area contributed by atoms with Crippen LogP contribution in [0.1, 0.15) is 6.42 Å². The van der Waals surface area contributed by atoms with Gasteiger partial charge in [0.1, 0.15) is 6.17 Å². The van der Waals surface area contributed by atoms with Crippen LogP contribution in [0.5, 0.6) is 0 Å². The lowest BCUT2D eigenvalue weighted by molar-refractivity contribution is 0.138. The largest absolute Gasteiger partial charge is 0.437 e. The van der Waals surface area contributed by atoms with Gasteiger partial charge in [-0.25, -0.2) is 4.39 Å². The van der Waals surface area contributed by atoms with E-state index in [2.05, 4.69) is 5.32 Å². The van der Waals surface area contributed by atoms with E-state index in [4.69, 9.17) is 0 Å². The Hall–Kier alpha value is -0.125. The highest BCUT2D eigenvalue weighted by atomic mass is 19.1. The molecule has 0 amide bonds. The molecule has 2 fully saturated rings. The second kappa shape index (κ2) is 3.22. The minimum Gasteiger partial charge on any atom is -0.437 e.